The summed E-state index contributed by atoms with van der Waals surface area (Å²) in [7, 11) is 0. The van der Waals surface area contributed by atoms with E-state index in [0.717, 1.165) is 21.8 Å². The van der Waals surface area contributed by atoms with Crippen LogP contribution in [0.2, 0.25) is 0 Å². The van der Waals surface area contributed by atoms with Gasteiger partial charge in [-0.05, 0) is 43.0 Å². The Morgan fingerprint density at radius 3 is 2.68 bits per heavy atom. The molecule has 1 heterocycles. The molecule has 0 unspecified atom stereocenters. The van der Waals surface area contributed by atoms with Crippen LogP contribution in [0.15, 0.2) is 31.8 Å². The predicted molar refractivity (Wildman–Crippen MR) is 84.4 cm³/mol. The molecule has 102 valence electrons. The van der Waals surface area contributed by atoms with Crippen LogP contribution in [0, 0.1) is 6.92 Å². The lowest BCUT2D eigenvalue weighted by molar-refractivity contribution is 0.723. The second-order valence-corrected chi connectivity index (χ2v) is 7.36. The Labute approximate surface area is 126 Å². The first-order chi connectivity index (χ1) is 9.22. The van der Waals surface area contributed by atoms with Crippen molar-refractivity contribution in [1.82, 2.24) is 15.5 Å². The van der Waals surface area contributed by atoms with Crippen molar-refractivity contribution >= 4 is 34.9 Å². The summed E-state index contributed by atoms with van der Waals surface area (Å²) in [4.78, 5) is 1.22. The molecule has 0 saturated carbocycles. The lowest BCUT2D eigenvalue weighted by Crippen LogP contribution is -2.12. The third kappa shape index (κ3) is 4.21. The largest absolute Gasteiger partial charge is 0.313 e. The molecule has 0 aliphatic heterocycles. The van der Waals surface area contributed by atoms with Crippen LogP contribution in [0.25, 0.3) is 0 Å². The fourth-order valence-corrected chi connectivity index (χ4v) is 4.12. The maximum atomic E-state index is 4.18. The van der Waals surface area contributed by atoms with Gasteiger partial charge in [0, 0.05) is 11.4 Å². The van der Waals surface area contributed by atoms with Crippen molar-refractivity contribution in [1.29, 1.82) is 0 Å². The molecule has 3 nitrogen and oxygen atoms in total. The number of hydrogen-bond donors (Lipinski definition) is 1. The van der Waals surface area contributed by atoms with Gasteiger partial charge in [-0.15, -0.1) is 10.2 Å². The quantitative estimate of drug-likeness (QED) is 0.821. The summed E-state index contributed by atoms with van der Waals surface area (Å²) in [5.74, 6) is 0. The zero-order valence-electron chi connectivity index (χ0n) is 11.3. The third-order valence-electron chi connectivity index (χ3n) is 2.65. The van der Waals surface area contributed by atoms with Gasteiger partial charge in [0.25, 0.3) is 0 Å². The topological polar surface area (TPSA) is 37.8 Å². The van der Waals surface area contributed by atoms with Gasteiger partial charge in [0.05, 0.1) is 0 Å². The first-order valence-corrected chi connectivity index (χ1v) is 8.94. The van der Waals surface area contributed by atoms with Gasteiger partial charge in [0.15, 0.2) is 8.68 Å². The van der Waals surface area contributed by atoms with Crippen molar-refractivity contribution in [3.63, 3.8) is 0 Å². The number of hydrogen-bond acceptors (Lipinski definition) is 6. The molecule has 0 spiro atoms. The minimum Gasteiger partial charge on any atom is -0.313 e. The summed E-state index contributed by atoms with van der Waals surface area (Å²) in [6, 6.07) is 6.57. The van der Waals surface area contributed by atoms with Crippen LogP contribution in [-0.4, -0.2) is 23.0 Å². The highest BCUT2D eigenvalue weighted by molar-refractivity contribution is 8.03. The van der Waals surface area contributed by atoms with Gasteiger partial charge in [0.2, 0.25) is 0 Å². The predicted octanol–water partition coefficient (Wildman–Crippen LogP) is 3.83. The van der Waals surface area contributed by atoms with Gasteiger partial charge >= 0.3 is 0 Å². The minimum atomic E-state index is 0.933. The molecule has 19 heavy (non-hydrogen) atoms. The molecule has 0 fully saturated rings. The molecule has 0 amide bonds. The lowest BCUT2D eigenvalue weighted by Gasteiger charge is -2.07. The molecule has 0 bridgehead atoms. The van der Waals surface area contributed by atoms with E-state index in [9.17, 15) is 0 Å². The maximum Gasteiger partial charge on any atom is 0.179 e. The van der Waals surface area contributed by atoms with Gasteiger partial charge < -0.3 is 5.32 Å². The summed E-state index contributed by atoms with van der Waals surface area (Å²) in [6.07, 6.45) is 2.02. The molecule has 0 atom stereocenters. The fourth-order valence-electron chi connectivity index (χ4n) is 1.61. The minimum absolute atomic E-state index is 0.933. The van der Waals surface area contributed by atoms with Gasteiger partial charge in [0.1, 0.15) is 0 Å². The Kier molecular flexibility index (Phi) is 5.69. The van der Waals surface area contributed by atoms with Gasteiger partial charge in [-0.25, -0.2) is 0 Å². The second-order valence-electron chi connectivity index (χ2n) is 4.01. The summed E-state index contributed by atoms with van der Waals surface area (Å²) >= 11 is 4.96. The van der Waals surface area contributed by atoms with Crippen molar-refractivity contribution in [3.05, 3.63) is 29.3 Å². The van der Waals surface area contributed by atoms with E-state index >= 15 is 0 Å². The van der Waals surface area contributed by atoms with Crippen LogP contribution in [0.1, 0.15) is 18.1 Å². The summed E-state index contributed by atoms with van der Waals surface area (Å²) in [5.41, 5.74) is 2.67. The Morgan fingerprint density at radius 2 is 2.05 bits per heavy atom. The van der Waals surface area contributed by atoms with Crippen molar-refractivity contribution in [3.8, 4) is 0 Å². The Morgan fingerprint density at radius 1 is 1.26 bits per heavy atom. The molecule has 0 saturated heterocycles. The molecule has 1 aromatic carbocycles. The number of benzene rings is 1. The van der Waals surface area contributed by atoms with Crippen LogP contribution in [0.5, 0.6) is 0 Å². The summed E-state index contributed by atoms with van der Waals surface area (Å²) < 4.78 is 2.02. The van der Waals surface area contributed by atoms with Crippen molar-refractivity contribution in [2.45, 2.75) is 34.0 Å². The monoisotopic (exact) mass is 311 g/mol. The van der Waals surface area contributed by atoms with Crippen molar-refractivity contribution in [2.24, 2.45) is 0 Å². The zero-order valence-corrected chi connectivity index (χ0v) is 13.7. The fraction of sp³-hybridized carbons (Fsp3) is 0.385. The average molecular weight is 312 g/mol. The van der Waals surface area contributed by atoms with Gasteiger partial charge in [-0.1, -0.05) is 47.9 Å². The first-order valence-electron chi connectivity index (χ1n) is 6.08. The molecule has 0 aliphatic rings. The SMILES string of the molecule is CCNCc1ccc(Sc2nnc(SC)s2)cc1C. The number of nitrogens with zero attached hydrogens (tertiary/aromatic N) is 2. The summed E-state index contributed by atoms with van der Waals surface area (Å²) in [6.45, 7) is 6.21. The van der Waals surface area contributed by atoms with Gasteiger partial charge in [-0.2, -0.15) is 0 Å². The number of thioether (sulfide) groups is 1. The average Bonchev–Trinajstić information content (AvgIpc) is 2.85. The lowest BCUT2D eigenvalue weighted by atomic mass is 10.1. The highest BCUT2D eigenvalue weighted by Gasteiger charge is 2.06. The summed E-state index contributed by atoms with van der Waals surface area (Å²) in [5, 5.41) is 11.6. The zero-order chi connectivity index (χ0) is 13.7. The van der Waals surface area contributed by atoms with Gasteiger partial charge in [-0.3, -0.25) is 0 Å². The smallest absolute Gasteiger partial charge is 0.179 e. The van der Waals surface area contributed by atoms with E-state index in [-0.39, 0.29) is 0 Å². The molecule has 1 aromatic heterocycles. The van der Waals surface area contributed by atoms with Crippen LogP contribution in [0.4, 0.5) is 0 Å². The second kappa shape index (κ2) is 7.28. The van der Waals surface area contributed by atoms with E-state index in [4.69, 9.17) is 0 Å². The standard InChI is InChI=1S/C13H17N3S3/c1-4-14-8-10-5-6-11(7-9(10)2)18-13-16-15-12(17-3)19-13/h5-7,14H,4,8H2,1-3H3. The Hall–Kier alpha value is -0.560. The number of nitrogens with one attached hydrogen (secondary N) is 1. The molecular weight excluding hydrogens is 294 g/mol. The molecule has 2 aromatic rings. The van der Waals surface area contributed by atoms with E-state index in [1.54, 1.807) is 34.9 Å². The Bertz CT molecular complexity index is 540. The molecule has 1 N–H and O–H groups in total. The van der Waals surface area contributed by atoms with E-state index in [1.807, 2.05) is 6.26 Å². The molecule has 6 heteroatoms. The van der Waals surface area contributed by atoms with Crippen LogP contribution < -0.4 is 5.32 Å². The van der Waals surface area contributed by atoms with E-state index in [0.29, 0.717) is 0 Å². The van der Waals surface area contributed by atoms with E-state index in [2.05, 4.69) is 47.6 Å². The number of aryl methyl sites for hydroxylation is 1. The maximum absolute atomic E-state index is 4.18. The highest BCUT2D eigenvalue weighted by Crippen LogP contribution is 2.33. The van der Waals surface area contributed by atoms with E-state index in [1.165, 1.54) is 16.0 Å². The van der Waals surface area contributed by atoms with Crippen molar-refractivity contribution in [2.75, 3.05) is 12.8 Å². The Balaban J connectivity index is 2.06. The third-order valence-corrected chi connectivity index (χ3v) is 5.59. The van der Waals surface area contributed by atoms with Crippen LogP contribution in [0.3, 0.4) is 0 Å². The molecule has 0 aliphatic carbocycles. The molecular formula is C13H17N3S3. The van der Waals surface area contributed by atoms with Crippen molar-refractivity contribution < 1.29 is 0 Å². The van der Waals surface area contributed by atoms with Crippen LogP contribution >= 0.6 is 34.9 Å². The number of rotatable bonds is 6. The molecule has 0 radical (unpaired) electrons. The van der Waals surface area contributed by atoms with Crippen LogP contribution in [-0.2, 0) is 6.54 Å². The normalized spacial score (nSPS) is 10.9. The molecule has 2 rings (SSSR count). The van der Waals surface area contributed by atoms with E-state index < -0.39 is 0 Å². The number of aromatic nitrogens is 2. The first kappa shape index (κ1) is 14.8. The highest BCUT2D eigenvalue weighted by atomic mass is 32.2.